The maximum absolute atomic E-state index is 11.3. The first-order valence-corrected chi connectivity index (χ1v) is 5.53. The highest BCUT2D eigenvalue weighted by atomic mass is 32.2. The molecule has 1 aromatic carbocycles. The van der Waals surface area contributed by atoms with Crippen LogP contribution in [-0.4, -0.2) is 10.5 Å². The van der Waals surface area contributed by atoms with Gasteiger partial charge in [-0.15, -0.1) is 0 Å². The van der Waals surface area contributed by atoms with Crippen LogP contribution in [0.5, 0.6) is 0 Å². The predicted molar refractivity (Wildman–Crippen MR) is 49.4 cm³/mol. The van der Waals surface area contributed by atoms with Crippen molar-refractivity contribution >= 4 is 9.73 Å². The third-order valence-electron chi connectivity index (χ3n) is 1.58. The summed E-state index contributed by atoms with van der Waals surface area (Å²) in [6, 6.07) is 7.04. The monoisotopic (exact) mass is 184 g/mol. The van der Waals surface area contributed by atoms with Gasteiger partial charge in [-0.2, -0.15) is 0 Å². The number of benzene rings is 1. The second kappa shape index (κ2) is 3.25. The van der Waals surface area contributed by atoms with Gasteiger partial charge in [-0.1, -0.05) is 12.1 Å². The van der Waals surface area contributed by atoms with Gasteiger partial charge in [-0.25, -0.2) is 8.99 Å². The first-order chi connectivity index (χ1) is 5.54. The number of hydrogen-bond donors (Lipinski definition) is 2. The molecule has 0 bridgehead atoms. The van der Waals surface area contributed by atoms with Crippen molar-refractivity contribution in [1.29, 1.82) is 4.78 Å². The van der Waals surface area contributed by atoms with Crippen LogP contribution in [0.25, 0.3) is 0 Å². The van der Waals surface area contributed by atoms with Crippen molar-refractivity contribution in [3.8, 4) is 0 Å². The van der Waals surface area contributed by atoms with E-state index in [4.69, 9.17) is 10.5 Å². The van der Waals surface area contributed by atoms with Gasteiger partial charge in [-0.05, 0) is 17.7 Å². The van der Waals surface area contributed by atoms with E-state index < -0.39 is 9.73 Å². The Hall–Kier alpha value is -0.870. The molecule has 0 saturated heterocycles. The Labute approximate surface area is 72.6 Å². The summed E-state index contributed by atoms with van der Waals surface area (Å²) in [4.78, 5) is 0.547. The molecule has 3 N–H and O–H groups in total. The average Bonchev–Trinajstić information content (AvgIpc) is 2.03. The van der Waals surface area contributed by atoms with Crippen LogP contribution in [0.15, 0.2) is 29.2 Å². The van der Waals surface area contributed by atoms with Crippen LogP contribution in [-0.2, 0) is 16.3 Å². The first-order valence-electron chi connectivity index (χ1n) is 3.57. The highest BCUT2D eigenvalue weighted by Crippen LogP contribution is 2.10. The van der Waals surface area contributed by atoms with E-state index in [0.717, 1.165) is 5.56 Å². The lowest BCUT2D eigenvalue weighted by Crippen LogP contribution is -1.99. The lowest BCUT2D eigenvalue weighted by Gasteiger charge is -2.02. The second-order valence-electron chi connectivity index (χ2n) is 2.70. The van der Waals surface area contributed by atoms with Gasteiger partial charge in [0.25, 0.3) is 0 Å². The molecule has 1 rings (SSSR count). The molecular weight excluding hydrogens is 172 g/mol. The molecule has 1 aromatic rings. The van der Waals surface area contributed by atoms with Crippen molar-refractivity contribution in [3.05, 3.63) is 29.8 Å². The van der Waals surface area contributed by atoms with Crippen molar-refractivity contribution in [2.24, 2.45) is 5.73 Å². The van der Waals surface area contributed by atoms with E-state index >= 15 is 0 Å². The van der Waals surface area contributed by atoms with Crippen molar-refractivity contribution in [2.45, 2.75) is 11.4 Å². The fraction of sp³-hybridized carbons (Fsp3) is 0.250. The smallest absolute Gasteiger partial charge is 0.0696 e. The average molecular weight is 184 g/mol. The minimum absolute atomic E-state index is 0.420. The molecule has 0 amide bonds. The first kappa shape index (κ1) is 9.22. The summed E-state index contributed by atoms with van der Waals surface area (Å²) in [6.07, 6.45) is 1.41. The molecule has 12 heavy (non-hydrogen) atoms. The molecule has 66 valence electrons. The largest absolute Gasteiger partial charge is 0.326 e. The van der Waals surface area contributed by atoms with E-state index in [1.165, 1.54) is 6.26 Å². The van der Waals surface area contributed by atoms with Crippen LogP contribution in [0.1, 0.15) is 5.56 Å². The van der Waals surface area contributed by atoms with Crippen molar-refractivity contribution < 1.29 is 4.21 Å². The van der Waals surface area contributed by atoms with Crippen molar-refractivity contribution in [2.75, 3.05) is 6.26 Å². The molecule has 0 aliphatic carbocycles. The van der Waals surface area contributed by atoms with Gasteiger partial charge >= 0.3 is 0 Å². The molecule has 3 nitrogen and oxygen atoms in total. The van der Waals surface area contributed by atoms with Crippen LogP contribution < -0.4 is 5.73 Å². The Kier molecular flexibility index (Phi) is 2.49. The van der Waals surface area contributed by atoms with E-state index in [2.05, 4.69) is 0 Å². The van der Waals surface area contributed by atoms with Crippen molar-refractivity contribution in [3.63, 3.8) is 0 Å². The van der Waals surface area contributed by atoms with Crippen LogP contribution in [0, 0.1) is 4.78 Å². The van der Waals surface area contributed by atoms with E-state index in [0.29, 0.717) is 11.4 Å². The molecule has 0 heterocycles. The molecule has 0 radical (unpaired) electrons. The number of hydrogen-bond acceptors (Lipinski definition) is 3. The fourth-order valence-electron chi connectivity index (χ4n) is 0.915. The lowest BCUT2D eigenvalue weighted by molar-refractivity contribution is 0.679. The predicted octanol–water partition coefficient (Wildman–Crippen LogP) is 1.18. The Bertz CT molecular complexity index is 370. The standard InChI is InChI=1S/C8H12N2OS/c1-12(10,11)8-4-2-3-7(5-8)6-9/h2-5,10H,6,9H2,1H3. The van der Waals surface area contributed by atoms with Crippen LogP contribution in [0.2, 0.25) is 0 Å². The number of nitrogens with one attached hydrogen (secondary N) is 1. The molecule has 0 aliphatic rings. The molecule has 1 unspecified atom stereocenters. The summed E-state index contributed by atoms with van der Waals surface area (Å²) in [5, 5.41) is 0. The zero-order chi connectivity index (χ0) is 9.19. The number of nitrogens with two attached hydrogens (primary N) is 1. The van der Waals surface area contributed by atoms with Gasteiger partial charge in [0.05, 0.1) is 9.73 Å². The normalized spacial score (nSPS) is 15.5. The molecule has 0 fully saturated rings. The van der Waals surface area contributed by atoms with E-state index in [9.17, 15) is 4.21 Å². The maximum Gasteiger partial charge on any atom is 0.0696 e. The summed E-state index contributed by atoms with van der Waals surface area (Å²) < 4.78 is 18.6. The van der Waals surface area contributed by atoms with Gasteiger partial charge in [0.15, 0.2) is 0 Å². The highest BCUT2D eigenvalue weighted by molar-refractivity contribution is 7.91. The Morgan fingerprint density at radius 1 is 1.58 bits per heavy atom. The minimum atomic E-state index is -2.59. The van der Waals surface area contributed by atoms with Gasteiger partial charge in [0.1, 0.15) is 0 Å². The second-order valence-corrected chi connectivity index (χ2v) is 4.85. The Morgan fingerprint density at radius 2 is 2.25 bits per heavy atom. The number of rotatable bonds is 2. The third-order valence-corrected chi connectivity index (χ3v) is 2.74. The molecule has 4 heteroatoms. The molecule has 0 aromatic heterocycles. The quantitative estimate of drug-likeness (QED) is 0.724. The summed E-state index contributed by atoms with van der Waals surface area (Å²) in [7, 11) is -2.59. The molecule has 1 atom stereocenters. The van der Waals surface area contributed by atoms with Gasteiger partial charge in [0, 0.05) is 17.7 Å². The van der Waals surface area contributed by atoms with E-state index in [1.807, 2.05) is 6.07 Å². The summed E-state index contributed by atoms with van der Waals surface area (Å²) >= 11 is 0. The summed E-state index contributed by atoms with van der Waals surface area (Å²) in [5.41, 5.74) is 6.32. The molecule has 0 aliphatic heterocycles. The van der Waals surface area contributed by atoms with Gasteiger partial charge in [0.2, 0.25) is 0 Å². The zero-order valence-corrected chi connectivity index (χ0v) is 7.73. The van der Waals surface area contributed by atoms with Crippen LogP contribution in [0.3, 0.4) is 0 Å². The van der Waals surface area contributed by atoms with Crippen LogP contribution in [0.4, 0.5) is 0 Å². The lowest BCUT2D eigenvalue weighted by atomic mass is 10.2. The Morgan fingerprint density at radius 3 is 2.75 bits per heavy atom. The zero-order valence-electron chi connectivity index (χ0n) is 6.91. The van der Waals surface area contributed by atoms with E-state index in [1.54, 1.807) is 18.2 Å². The van der Waals surface area contributed by atoms with Crippen LogP contribution >= 0.6 is 0 Å². The van der Waals surface area contributed by atoms with Gasteiger partial charge in [-0.3, -0.25) is 0 Å². The third kappa shape index (κ3) is 2.06. The molecule has 0 spiro atoms. The SMILES string of the molecule is CS(=N)(=O)c1cccc(CN)c1. The van der Waals surface area contributed by atoms with Crippen molar-refractivity contribution in [1.82, 2.24) is 0 Å². The Balaban J connectivity index is 3.20. The fourth-order valence-corrected chi connectivity index (χ4v) is 1.63. The minimum Gasteiger partial charge on any atom is -0.326 e. The molecule has 0 saturated carbocycles. The topological polar surface area (TPSA) is 66.9 Å². The summed E-state index contributed by atoms with van der Waals surface area (Å²) in [6.45, 7) is 0.420. The maximum atomic E-state index is 11.3. The van der Waals surface area contributed by atoms with E-state index in [-0.39, 0.29) is 0 Å². The van der Waals surface area contributed by atoms with Gasteiger partial charge < -0.3 is 5.73 Å². The molecular formula is C8H12N2OS. The highest BCUT2D eigenvalue weighted by Gasteiger charge is 2.02. The summed E-state index contributed by atoms with van der Waals surface area (Å²) in [5.74, 6) is 0.